The van der Waals surface area contributed by atoms with Gasteiger partial charge in [-0.2, -0.15) is 0 Å². The highest BCUT2D eigenvalue weighted by Crippen LogP contribution is 2.31. The molecule has 6 rings (SSSR count). The monoisotopic (exact) mass is 488 g/mol. The molecule has 34 heavy (non-hydrogen) atoms. The molecule has 0 radical (unpaired) electrons. The van der Waals surface area contributed by atoms with Crippen LogP contribution in [0.3, 0.4) is 0 Å². The molecule has 4 heterocycles. The fourth-order valence-electron chi connectivity index (χ4n) is 4.56. The number of rotatable bonds is 3. The highest BCUT2D eigenvalue weighted by Gasteiger charge is 2.31. The summed E-state index contributed by atoms with van der Waals surface area (Å²) in [4.78, 5) is 23.0. The summed E-state index contributed by atoms with van der Waals surface area (Å²) >= 11 is 7.77. The van der Waals surface area contributed by atoms with Gasteiger partial charge in [0.1, 0.15) is 0 Å². The maximum Gasteiger partial charge on any atom is 0.264 e. The van der Waals surface area contributed by atoms with Crippen LogP contribution in [0.5, 0.6) is 0 Å². The van der Waals surface area contributed by atoms with E-state index in [1.165, 1.54) is 11.3 Å². The molecule has 1 fully saturated rings. The zero-order valence-corrected chi connectivity index (χ0v) is 20.0. The van der Waals surface area contributed by atoms with E-state index >= 15 is 0 Å². The van der Waals surface area contributed by atoms with Crippen LogP contribution in [0.2, 0.25) is 5.02 Å². The minimum Gasteiger partial charge on any atom is -0.338 e. The van der Waals surface area contributed by atoms with Gasteiger partial charge in [0.05, 0.1) is 10.4 Å². The highest BCUT2D eigenvalue weighted by molar-refractivity contribution is 7.12. The summed E-state index contributed by atoms with van der Waals surface area (Å²) in [6.45, 7) is 3.99. The van der Waals surface area contributed by atoms with Gasteiger partial charge < -0.3 is 9.80 Å². The zero-order chi connectivity index (χ0) is 23.2. The van der Waals surface area contributed by atoms with Crippen molar-refractivity contribution >= 4 is 51.3 Å². The predicted molar refractivity (Wildman–Crippen MR) is 136 cm³/mol. The number of aromatic nitrogens is 4. The molecule has 170 valence electrons. The third kappa shape index (κ3) is 3.50. The molecule has 7 nitrogen and oxygen atoms in total. The van der Waals surface area contributed by atoms with E-state index < -0.39 is 0 Å². The fraction of sp³-hybridized carbons (Fsp3) is 0.200. The van der Waals surface area contributed by atoms with Crippen LogP contribution in [0.1, 0.15) is 16.6 Å². The second-order valence-corrected chi connectivity index (χ2v) is 9.78. The Morgan fingerprint density at radius 3 is 2.68 bits per heavy atom. The average Bonchev–Trinajstić information content (AvgIpc) is 3.54. The molecule has 1 saturated heterocycles. The highest BCUT2D eigenvalue weighted by atomic mass is 35.5. The van der Waals surface area contributed by atoms with Crippen LogP contribution in [0.4, 0.5) is 5.95 Å². The minimum atomic E-state index is 0.0203. The van der Waals surface area contributed by atoms with Crippen molar-refractivity contribution in [2.45, 2.75) is 13.0 Å². The van der Waals surface area contributed by atoms with Crippen LogP contribution in [-0.2, 0) is 0 Å². The van der Waals surface area contributed by atoms with Crippen molar-refractivity contribution in [1.29, 1.82) is 0 Å². The van der Waals surface area contributed by atoms with Crippen LogP contribution < -0.4 is 4.90 Å². The van der Waals surface area contributed by atoms with Crippen LogP contribution in [0.15, 0.2) is 66.0 Å². The van der Waals surface area contributed by atoms with Crippen molar-refractivity contribution in [2.24, 2.45) is 0 Å². The molecule has 5 aromatic rings. The first-order chi connectivity index (χ1) is 16.6. The molecule has 0 saturated carbocycles. The summed E-state index contributed by atoms with van der Waals surface area (Å²) in [6.07, 6.45) is 0. The van der Waals surface area contributed by atoms with E-state index in [4.69, 9.17) is 16.6 Å². The van der Waals surface area contributed by atoms with Crippen LogP contribution >= 0.6 is 22.9 Å². The van der Waals surface area contributed by atoms with Crippen LogP contribution in [0, 0.1) is 0 Å². The summed E-state index contributed by atoms with van der Waals surface area (Å²) in [6, 6.07) is 19.5. The number of anilines is 1. The van der Waals surface area contributed by atoms with Crippen LogP contribution in [0.25, 0.3) is 27.9 Å². The first-order valence-corrected chi connectivity index (χ1v) is 12.3. The molecule has 1 aliphatic heterocycles. The van der Waals surface area contributed by atoms with E-state index in [2.05, 4.69) is 22.0 Å². The van der Waals surface area contributed by atoms with E-state index in [1.54, 1.807) is 0 Å². The van der Waals surface area contributed by atoms with Gasteiger partial charge in [0.25, 0.3) is 5.91 Å². The Morgan fingerprint density at radius 2 is 1.91 bits per heavy atom. The molecule has 0 N–H and O–H groups in total. The van der Waals surface area contributed by atoms with E-state index in [0.29, 0.717) is 24.7 Å². The van der Waals surface area contributed by atoms with Crippen molar-refractivity contribution in [2.75, 3.05) is 24.5 Å². The lowest BCUT2D eigenvalue weighted by molar-refractivity contribution is 0.0678. The third-order valence-electron chi connectivity index (χ3n) is 6.22. The maximum atomic E-state index is 13.0. The summed E-state index contributed by atoms with van der Waals surface area (Å²) in [7, 11) is 0. The van der Waals surface area contributed by atoms with E-state index in [1.807, 2.05) is 75.3 Å². The van der Waals surface area contributed by atoms with Gasteiger partial charge in [-0.1, -0.05) is 48.0 Å². The lowest BCUT2D eigenvalue weighted by Gasteiger charge is -2.40. The summed E-state index contributed by atoms with van der Waals surface area (Å²) in [5.41, 5.74) is 2.47. The van der Waals surface area contributed by atoms with Gasteiger partial charge in [0.2, 0.25) is 5.95 Å². The normalized spacial score (nSPS) is 16.5. The Morgan fingerprint density at radius 1 is 1.06 bits per heavy atom. The van der Waals surface area contributed by atoms with Crippen molar-refractivity contribution in [3.63, 3.8) is 0 Å². The van der Waals surface area contributed by atoms with Gasteiger partial charge in [-0.25, -0.2) is 9.38 Å². The number of fused-ring (bicyclic) bond motifs is 3. The van der Waals surface area contributed by atoms with Crippen molar-refractivity contribution in [3.05, 3.63) is 75.9 Å². The van der Waals surface area contributed by atoms with Crippen molar-refractivity contribution in [1.82, 2.24) is 24.5 Å². The Hall–Kier alpha value is -3.49. The predicted octanol–water partition coefficient (Wildman–Crippen LogP) is 5.01. The number of thiophene rings is 1. The number of nitrogens with zero attached hydrogens (tertiary/aromatic N) is 6. The van der Waals surface area contributed by atoms with Crippen LogP contribution in [-0.4, -0.2) is 56.1 Å². The van der Waals surface area contributed by atoms with E-state index in [9.17, 15) is 4.79 Å². The minimum absolute atomic E-state index is 0.0203. The first kappa shape index (κ1) is 21.1. The number of carbonyl (C=O) groups is 1. The average molecular weight is 489 g/mol. The molecule has 1 amide bonds. The van der Waals surface area contributed by atoms with Gasteiger partial charge >= 0.3 is 0 Å². The maximum absolute atomic E-state index is 13.0. The summed E-state index contributed by atoms with van der Waals surface area (Å²) < 4.78 is 2.02. The number of amides is 1. The quantitative estimate of drug-likeness (QED) is 0.357. The summed E-state index contributed by atoms with van der Waals surface area (Å²) in [5, 5.41) is 12.5. The first-order valence-electron chi connectivity index (χ1n) is 11.1. The molecule has 1 atom stereocenters. The molecule has 0 unspecified atom stereocenters. The van der Waals surface area contributed by atoms with E-state index in [-0.39, 0.29) is 11.9 Å². The number of hydrogen-bond acceptors (Lipinski definition) is 6. The molecular formula is C25H21ClN6OS. The lowest BCUT2D eigenvalue weighted by Crippen LogP contribution is -2.54. The summed E-state index contributed by atoms with van der Waals surface area (Å²) in [5.74, 6) is 1.57. The molecule has 0 spiro atoms. The zero-order valence-electron chi connectivity index (χ0n) is 18.4. The molecule has 0 aliphatic carbocycles. The smallest absolute Gasteiger partial charge is 0.264 e. The standard InChI is InChI=1S/C25H21ClN6OS/c1-16-15-30(11-12-31(16)24(33)21-8-5-13-34-21)25-27-20-14-18(26)9-10-19(20)23-29-28-22(32(23)25)17-6-3-2-4-7-17/h2-10,13-14,16H,11-12,15H2,1H3/t16-/m1/s1. The second kappa shape index (κ2) is 8.38. The number of piperazine rings is 1. The SMILES string of the molecule is C[C@@H]1CN(c2nc3cc(Cl)ccc3c3nnc(-c4ccccc4)n23)CCN1C(=O)c1cccs1. The molecule has 0 bridgehead atoms. The second-order valence-electron chi connectivity index (χ2n) is 8.39. The Labute approximate surface area is 205 Å². The number of halogens is 1. The van der Waals surface area contributed by atoms with Gasteiger partial charge in [-0.05, 0) is 36.6 Å². The Kier molecular flexibility index (Phi) is 5.19. The largest absolute Gasteiger partial charge is 0.338 e. The third-order valence-corrected chi connectivity index (χ3v) is 7.31. The molecule has 2 aromatic carbocycles. The number of benzene rings is 2. The molecular weight excluding hydrogens is 468 g/mol. The number of carbonyl (C=O) groups excluding carboxylic acids is 1. The fourth-order valence-corrected chi connectivity index (χ4v) is 5.41. The van der Waals surface area contributed by atoms with Gasteiger partial charge in [-0.3, -0.25) is 4.79 Å². The van der Waals surface area contributed by atoms with Gasteiger partial charge in [0.15, 0.2) is 11.5 Å². The van der Waals surface area contributed by atoms with Gasteiger partial charge in [0, 0.05) is 41.6 Å². The number of hydrogen-bond donors (Lipinski definition) is 0. The topological polar surface area (TPSA) is 66.6 Å². The van der Waals surface area contributed by atoms with E-state index in [0.717, 1.165) is 38.8 Å². The van der Waals surface area contributed by atoms with Crippen molar-refractivity contribution < 1.29 is 4.79 Å². The Balaban J connectivity index is 1.45. The Bertz CT molecular complexity index is 1500. The molecule has 9 heteroatoms. The lowest BCUT2D eigenvalue weighted by atomic mass is 10.1. The van der Waals surface area contributed by atoms with Crippen molar-refractivity contribution in [3.8, 4) is 11.4 Å². The molecule has 1 aliphatic rings. The molecule has 3 aromatic heterocycles. The van der Waals surface area contributed by atoms with Gasteiger partial charge in [-0.15, -0.1) is 21.5 Å².